The summed E-state index contributed by atoms with van der Waals surface area (Å²) in [6.07, 6.45) is 4.14. The molecule has 6 nitrogen and oxygen atoms in total. The Bertz CT molecular complexity index is 777. The van der Waals surface area contributed by atoms with Gasteiger partial charge in [-0.25, -0.2) is 15.0 Å². The smallest absolute Gasteiger partial charge is 0.220 e. The molecule has 0 bridgehead atoms. The molecule has 148 valence electrons. The van der Waals surface area contributed by atoms with Crippen molar-refractivity contribution in [2.75, 3.05) is 20.6 Å². The molecule has 1 aromatic rings. The van der Waals surface area contributed by atoms with Gasteiger partial charge in [0.25, 0.3) is 0 Å². The van der Waals surface area contributed by atoms with E-state index in [1.165, 1.54) is 22.4 Å². The molecule has 0 aliphatic carbocycles. The number of hydrogen-bond donors (Lipinski definition) is 1. The van der Waals surface area contributed by atoms with Crippen molar-refractivity contribution in [3.8, 4) is 0 Å². The third-order valence-corrected chi connectivity index (χ3v) is 4.82. The molecule has 1 aliphatic rings. The highest BCUT2D eigenvalue weighted by molar-refractivity contribution is 6.30. The van der Waals surface area contributed by atoms with Gasteiger partial charge in [0.05, 0.1) is 5.70 Å². The van der Waals surface area contributed by atoms with Crippen molar-refractivity contribution < 1.29 is 4.98 Å². The van der Waals surface area contributed by atoms with E-state index in [1.54, 1.807) is 0 Å². The molecule has 1 aliphatic heterocycles. The van der Waals surface area contributed by atoms with Crippen LogP contribution < -0.4 is 10.7 Å². The number of rotatable bonds is 4. The highest BCUT2D eigenvalue weighted by Crippen LogP contribution is 2.29. The van der Waals surface area contributed by atoms with E-state index < -0.39 is 0 Å². The first-order chi connectivity index (χ1) is 12.7. The van der Waals surface area contributed by atoms with Crippen LogP contribution in [-0.4, -0.2) is 43.1 Å². The minimum absolute atomic E-state index is 0.0624. The number of nitrogens with zero attached hydrogens (tertiary/aromatic N) is 4. The van der Waals surface area contributed by atoms with Gasteiger partial charge in [0.15, 0.2) is 6.20 Å². The monoisotopic (exact) mass is 391 g/mol. The molecule has 7 heteroatoms. The molecule has 0 saturated heterocycles. The second-order valence-corrected chi connectivity index (χ2v) is 6.77. The lowest BCUT2D eigenvalue weighted by atomic mass is 10.0. The fraction of sp³-hybridized carbons (Fsp3) is 0.450. The number of aromatic amines is 1. The van der Waals surface area contributed by atoms with Gasteiger partial charge in [-0.05, 0) is 33.1 Å². The van der Waals surface area contributed by atoms with Crippen LogP contribution in [0.2, 0.25) is 0 Å². The maximum Gasteiger partial charge on any atom is 0.220 e. The molecule has 1 aromatic heterocycles. The Hall–Kier alpha value is -2.34. The number of aryl methyl sites for hydroxylation is 1. The van der Waals surface area contributed by atoms with Crippen LogP contribution in [0.1, 0.15) is 36.2 Å². The number of nitrogens with one attached hydrogen (secondary N) is 1. The number of H-pyrrole nitrogens is 1. The van der Waals surface area contributed by atoms with Crippen molar-refractivity contribution in [1.29, 1.82) is 0 Å². The van der Waals surface area contributed by atoms with Gasteiger partial charge in [0, 0.05) is 43.5 Å². The molecule has 0 aromatic carbocycles. The third kappa shape index (κ3) is 5.57. The number of halogens is 1. The quantitative estimate of drug-likeness (QED) is 0.487. The first-order valence-electron chi connectivity index (χ1n) is 9.05. The summed E-state index contributed by atoms with van der Waals surface area (Å²) >= 11 is 6.37. The van der Waals surface area contributed by atoms with E-state index in [2.05, 4.69) is 59.8 Å². The fourth-order valence-electron chi connectivity index (χ4n) is 2.74. The van der Waals surface area contributed by atoms with Gasteiger partial charge in [-0.2, -0.15) is 0 Å². The fourth-order valence-corrected chi connectivity index (χ4v) is 2.99. The zero-order valence-electron chi connectivity index (χ0n) is 17.5. The highest BCUT2D eigenvalue weighted by Gasteiger charge is 2.25. The van der Waals surface area contributed by atoms with Crippen molar-refractivity contribution in [3.63, 3.8) is 0 Å². The SMILES string of the molecule is C=N/C(N)=N\C(Cl)=C1/CN(Cc2[nH+]cc(C)c(C)c2C)C=C1N(C)C.CC. The van der Waals surface area contributed by atoms with Crippen LogP contribution in [-0.2, 0) is 6.54 Å². The summed E-state index contributed by atoms with van der Waals surface area (Å²) in [4.78, 5) is 15.3. The summed E-state index contributed by atoms with van der Waals surface area (Å²) in [5.74, 6) is 0.0624. The molecule has 0 unspecified atom stereocenters. The van der Waals surface area contributed by atoms with E-state index in [1.807, 2.05) is 32.8 Å². The van der Waals surface area contributed by atoms with Gasteiger partial charge in [-0.15, -0.1) is 0 Å². The van der Waals surface area contributed by atoms with Crippen molar-refractivity contribution in [2.45, 2.75) is 41.2 Å². The maximum atomic E-state index is 6.37. The lowest BCUT2D eigenvalue weighted by Gasteiger charge is -2.15. The first kappa shape index (κ1) is 22.7. The van der Waals surface area contributed by atoms with E-state index in [0.717, 1.165) is 17.8 Å². The number of pyridine rings is 1. The predicted octanol–water partition coefficient (Wildman–Crippen LogP) is 3.14. The molecule has 27 heavy (non-hydrogen) atoms. The minimum atomic E-state index is 0.0624. The van der Waals surface area contributed by atoms with E-state index in [9.17, 15) is 0 Å². The van der Waals surface area contributed by atoms with Crippen LogP contribution in [0.5, 0.6) is 0 Å². The average Bonchev–Trinajstić information content (AvgIpc) is 3.08. The van der Waals surface area contributed by atoms with Crippen LogP contribution in [0.4, 0.5) is 0 Å². The lowest BCUT2D eigenvalue weighted by Crippen LogP contribution is -2.24. The summed E-state index contributed by atoms with van der Waals surface area (Å²) in [5, 5.41) is 0.341. The third-order valence-electron chi connectivity index (χ3n) is 4.51. The van der Waals surface area contributed by atoms with E-state index >= 15 is 0 Å². The average molecular weight is 392 g/mol. The summed E-state index contributed by atoms with van der Waals surface area (Å²) in [7, 11) is 3.96. The second-order valence-electron chi connectivity index (χ2n) is 6.41. The molecule has 0 radical (unpaired) electrons. The summed E-state index contributed by atoms with van der Waals surface area (Å²) < 4.78 is 0. The van der Waals surface area contributed by atoms with E-state index in [0.29, 0.717) is 11.7 Å². The Balaban J connectivity index is 0.00000176. The Morgan fingerprint density at radius 2 is 1.93 bits per heavy atom. The van der Waals surface area contributed by atoms with Gasteiger partial charge >= 0.3 is 0 Å². The van der Waals surface area contributed by atoms with Crippen LogP contribution in [0.15, 0.2) is 38.8 Å². The van der Waals surface area contributed by atoms with Crippen LogP contribution >= 0.6 is 11.6 Å². The van der Waals surface area contributed by atoms with Crippen LogP contribution in [0.25, 0.3) is 0 Å². The molecular weight excluding hydrogens is 360 g/mol. The first-order valence-corrected chi connectivity index (χ1v) is 9.42. The minimum Gasteiger partial charge on any atom is -0.376 e. The Morgan fingerprint density at radius 1 is 1.30 bits per heavy atom. The summed E-state index contributed by atoms with van der Waals surface area (Å²) in [5.41, 5.74) is 12.6. The van der Waals surface area contributed by atoms with Gasteiger partial charge in [0.1, 0.15) is 11.7 Å². The predicted molar refractivity (Wildman–Crippen MR) is 115 cm³/mol. The van der Waals surface area contributed by atoms with Crippen molar-refractivity contribution >= 4 is 24.3 Å². The van der Waals surface area contributed by atoms with Gasteiger partial charge in [-0.3, -0.25) is 0 Å². The molecule has 3 N–H and O–H groups in total. The number of aromatic nitrogens is 1. The summed E-state index contributed by atoms with van der Waals surface area (Å²) in [6.45, 7) is 15.2. The zero-order valence-corrected chi connectivity index (χ0v) is 18.3. The number of likely N-dealkylation sites (N-methyl/N-ethyl adjacent to an activating group) is 1. The van der Waals surface area contributed by atoms with E-state index in [-0.39, 0.29) is 5.96 Å². The van der Waals surface area contributed by atoms with Gasteiger partial charge in [0.2, 0.25) is 11.7 Å². The molecule has 0 atom stereocenters. The maximum absolute atomic E-state index is 6.37. The topological polar surface area (TPSA) is 71.4 Å². The Kier molecular flexibility index (Phi) is 8.50. The van der Waals surface area contributed by atoms with Crippen LogP contribution in [0.3, 0.4) is 0 Å². The highest BCUT2D eigenvalue weighted by atomic mass is 35.5. The Morgan fingerprint density at radius 3 is 2.48 bits per heavy atom. The van der Waals surface area contributed by atoms with Gasteiger partial charge in [-0.1, -0.05) is 25.4 Å². The number of guanidine groups is 1. The van der Waals surface area contributed by atoms with E-state index in [4.69, 9.17) is 17.3 Å². The molecule has 2 heterocycles. The normalized spacial score (nSPS) is 15.8. The molecule has 2 rings (SSSR count). The number of nitrogens with two attached hydrogens (primary N) is 1. The number of aliphatic imine (C=N–C) groups is 2. The largest absolute Gasteiger partial charge is 0.376 e. The molecular formula is C20H32ClN6+. The number of hydrogen-bond acceptors (Lipinski definition) is 3. The second kappa shape index (κ2) is 10.1. The standard InChI is InChI=1S/C18H25ClN6.C2H6/c1-11-7-22-15(13(3)12(11)2)9-25-8-14(16(10-25)24(5)6)17(19)23-18(20)21-4;1-2/h7,10H,4,8-9H2,1-3,5-6H3,(H2,20,23);1-2H3/p+1/b17-14+;. The zero-order chi connectivity index (χ0) is 20.7. The van der Waals surface area contributed by atoms with Crippen molar-refractivity contribution in [1.82, 2.24) is 9.80 Å². The molecule has 0 fully saturated rings. The molecule has 0 amide bonds. The summed E-state index contributed by atoms with van der Waals surface area (Å²) in [6, 6.07) is 0. The van der Waals surface area contributed by atoms with Crippen molar-refractivity contribution in [2.24, 2.45) is 15.7 Å². The molecule has 0 spiro atoms. The lowest BCUT2D eigenvalue weighted by molar-refractivity contribution is -0.393. The Labute approximate surface area is 168 Å². The molecule has 0 saturated carbocycles. The van der Waals surface area contributed by atoms with Crippen LogP contribution in [0, 0.1) is 20.8 Å². The van der Waals surface area contributed by atoms with Crippen molar-refractivity contribution in [3.05, 3.63) is 51.2 Å². The van der Waals surface area contributed by atoms with Gasteiger partial charge < -0.3 is 15.5 Å².